The highest BCUT2D eigenvalue weighted by Crippen LogP contribution is 2.21. The van der Waals surface area contributed by atoms with Crippen LogP contribution in [0.2, 0.25) is 0 Å². The molecule has 4 N–H and O–H groups in total. The molecule has 3 rings (SSSR count). The van der Waals surface area contributed by atoms with Crippen molar-refractivity contribution in [2.45, 2.75) is 0 Å². The van der Waals surface area contributed by atoms with Gasteiger partial charge in [0.1, 0.15) is 7.05 Å². The van der Waals surface area contributed by atoms with Gasteiger partial charge in [0, 0.05) is 34.3 Å². The Labute approximate surface area is 111 Å². The number of halogens is 1. The molecule has 0 unspecified atom stereocenters. The number of nitrogens with zero attached hydrogens (tertiary/aromatic N) is 1. The summed E-state index contributed by atoms with van der Waals surface area (Å²) >= 11 is 0. The topological polar surface area (TPSA) is 55.9 Å². The average Bonchev–Trinajstić information content (AvgIpc) is 2.32. The van der Waals surface area contributed by atoms with Gasteiger partial charge in [0.2, 0.25) is 11.0 Å². The Morgan fingerprint density at radius 3 is 1.67 bits per heavy atom. The number of benzene rings is 2. The van der Waals surface area contributed by atoms with Crippen molar-refractivity contribution in [2.24, 2.45) is 7.05 Å². The van der Waals surface area contributed by atoms with E-state index in [0.29, 0.717) is 0 Å². The van der Waals surface area contributed by atoms with E-state index in [0.717, 1.165) is 22.4 Å². The maximum Gasteiger partial charge on any atom is 0.214 e. The second-order valence-corrected chi connectivity index (χ2v) is 4.34. The first-order valence-electron chi connectivity index (χ1n) is 5.53. The van der Waals surface area contributed by atoms with Gasteiger partial charge in [0.25, 0.3) is 0 Å². The standard InChI is InChI=1S/C14H13N3.ClH/c1-17-13-7-11(15)4-2-9(13)6-10-3-5-12(16)8-14(10)17;/h2-8H,1H3,(H3,15,16);1H/p+1. The van der Waals surface area contributed by atoms with E-state index < -0.39 is 0 Å². The Hall–Kier alpha value is -2.00. The minimum absolute atomic E-state index is 0. The van der Waals surface area contributed by atoms with E-state index >= 15 is 0 Å². The van der Waals surface area contributed by atoms with Crippen molar-refractivity contribution in [2.75, 3.05) is 11.5 Å². The number of fused-ring (bicyclic) bond motifs is 2. The van der Waals surface area contributed by atoms with Gasteiger partial charge in [-0.25, -0.2) is 0 Å². The molecule has 0 saturated carbocycles. The number of aromatic nitrogens is 1. The van der Waals surface area contributed by atoms with Gasteiger partial charge in [0.05, 0.1) is 0 Å². The number of rotatable bonds is 0. The summed E-state index contributed by atoms with van der Waals surface area (Å²) in [4.78, 5) is 0. The molecule has 0 amide bonds. The number of hydrogen-bond donors (Lipinski definition) is 2. The van der Waals surface area contributed by atoms with Gasteiger partial charge in [-0.05, 0) is 30.3 Å². The molecule has 1 aromatic heterocycles. The normalized spacial score (nSPS) is 10.5. The molecular formula is C14H15ClN3+. The molecule has 92 valence electrons. The summed E-state index contributed by atoms with van der Waals surface area (Å²) < 4.78 is 2.12. The summed E-state index contributed by atoms with van der Waals surface area (Å²) in [5.41, 5.74) is 15.4. The van der Waals surface area contributed by atoms with Crippen LogP contribution in [-0.2, 0) is 7.05 Å². The van der Waals surface area contributed by atoms with E-state index in [-0.39, 0.29) is 12.4 Å². The first-order valence-corrected chi connectivity index (χ1v) is 5.53. The first kappa shape index (κ1) is 12.5. The molecule has 0 radical (unpaired) electrons. The molecule has 0 aliphatic heterocycles. The molecule has 4 heteroatoms. The summed E-state index contributed by atoms with van der Waals surface area (Å²) in [6, 6.07) is 14.1. The number of aryl methyl sites for hydroxylation is 1. The van der Waals surface area contributed by atoms with Crippen molar-refractivity contribution in [1.29, 1.82) is 0 Å². The number of nitrogen functional groups attached to an aromatic ring is 2. The molecule has 2 aromatic carbocycles. The Kier molecular flexibility index (Phi) is 3.01. The lowest BCUT2D eigenvalue weighted by molar-refractivity contribution is -0.617. The smallest absolute Gasteiger partial charge is 0.214 e. The molecule has 0 fully saturated rings. The third-order valence-corrected chi connectivity index (χ3v) is 3.14. The molecule has 1 heterocycles. The maximum absolute atomic E-state index is 5.83. The predicted octanol–water partition coefficient (Wildman–Crippen LogP) is 2.40. The van der Waals surface area contributed by atoms with E-state index in [9.17, 15) is 0 Å². The third-order valence-electron chi connectivity index (χ3n) is 3.14. The molecule has 0 aliphatic rings. The first-order chi connectivity index (χ1) is 8.15. The molecular weight excluding hydrogens is 246 g/mol. The fraction of sp³-hybridized carbons (Fsp3) is 0.0714. The monoisotopic (exact) mass is 260 g/mol. The number of pyridine rings is 1. The molecule has 18 heavy (non-hydrogen) atoms. The number of nitrogens with two attached hydrogens (primary N) is 2. The highest BCUT2D eigenvalue weighted by molar-refractivity contribution is 5.90. The Morgan fingerprint density at radius 1 is 0.778 bits per heavy atom. The fourth-order valence-electron chi connectivity index (χ4n) is 2.24. The largest absolute Gasteiger partial charge is 0.399 e. The minimum Gasteiger partial charge on any atom is -0.399 e. The van der Waals surface area contributed by atoms with Crippen LogP contribution < -0.4 is 16.0 Å². The maximum atomic E-state index is 5.83. The molecule has 0 spiro atoms. The molecule has 3 nitrogen and oxygen atoms in total. The fourth-order valence-corrected chi connectivity index (χ4v) is 2.24. The van der Waals surface area contributed by atoms with Gasteiger partial charge >= 0.3 is 0 Å². The zero-order chi connectivity index (χ0) is 12.0. The van der Waals surface area contributed by atoms with Gasteiger partial charge in [-0.3, -0.25) is 0 Å². The van der Waals surface area contributed by atoms with Gasteiger partial charge in [-0.15, -0.1) is 12.4 Å². The van der Waals surface area contributed by atoms with Crippen molar-refractivity contribution < 1.29 is 4.57 Å². The van der Waals surface area contributed by atoms with Crippen LogP contribution in [0.5, 0.6) is 0 Å². The predicted molar refractivity (Wildman–Crippen MR) is 78.7 cm³/mol. The molecule has 3 aromatic rings. The average molecular weight is 261 g/mol. The second-order valence-electron chi connectivity index (χ2n) is 4.34. The lowest BCUT2D eigenvalue weighted by Gasteiger charge is -2.03. The minimum atomic E-state index is 0. The van der Waals surface area contributed by atoms with Crippen LogP contribution in [0.15, 0.2) is 42.5 Å². The van der Waals surface area contributed by atoms with Crippen LogP contribution >= 0.6 is 12.4 Å². The summed E-state index contributed by atoms with van der Waals surface area (Å²) in [6.45, 7) is 0. The summed E-state index contributed by atoms with van der Waals surface area (Å²) in [5.74, 6) is 0. The second kappa shape index (κ2) is 4.35. The molecule has 0 atom stereocenters. The number of hydrogen-bond acceptors (Lipinski definition) is 2. The van der Waals surface area contributed by atoms with E-state index in [1.165, 1.54) is 10.8 Å². The van der Waals surface area contributed by atoms with Crippen LogP contribution in [-0.4, -0.2) is 0 Å². The van der Waals surface area contributed by atoms with Crippen molar-refractivity contribution in [3.8, 4) is 0 Å². The van der Waals surface area contributed by atoms with Crippen LogP contribution in [0, 0.1) is 0 Å². The van der Waals surface area contributed by atoms with Crippen molar-refractivity contribution >= 4 is 45.6 Å². The van der Waals surface area contributed by atoms with Gasteiger partial charge in [-0.2, -0.15) is 4.57 Å². The Balaban J connectivity index is 0.00000120. The van der Waals surface area contributed by atoms with Gasteiger partial charge in [-0.1, -0.05) is 0 Å². The summed E-state index contributed by atoms with van der Waals surface area (Å²) in [7, 11) is 2.03. The van der Waals surface area contributed by atoms with E-state index in [1.807, 2.05) is 43.4 Å². The van der Waals surface area contributed by atoms with E-state index in [4.69, 9.17) is 11.5 Å². The molecule has 0 saturated heterocycles. The van der Waals surface area contributed by atoms with Gasteiger partial charge < -0.3 is 11.5 Å². The van der Waals surface area contributed by atoms with Crippen molar-refractivity contribution in [3.05, 3.63) is 42.5 Å². The zero-order valence-electron chi connectivity index (χ0n) is 10.1. The van der Waals surface area contributed by atoms with Crippen LogP contribution in [0.3, 0.4) is 0 Å². The van der Waals surface area contributed by atoms with Crippen molar-refractivity contribution in [1.82, 2.24) is 0 Å². The quantitative estimate of drug-likeness (QED) is 0.370. The van der Waals surface area contributed by atoms with Gasteiger partial charge in [0.15, 0.2) is 0 Å². The van der Waals surface area contributed by atoms with Crippen molar-refractivity contribution in [3.63, 3.8) is 0 Å². The highest BCUT2D eigenvalue weighted by Gasteiger charge is 2.11. The summed E-state index contributed by atoms with van der Waals surface area (Å²) in [6.07, 6.45) is 0. The summed E-state index contributed by atoms with van der Waals surface area (Å²) in [5, 5.41) is 2.36. The lowest BCUT2D eigenvalue weighted by atomic mass is 10.1. The molecule has 0 bridgehead atoms. The Bertz CT molecular complexity index is 678. The molecule has 0 aliphatic carbocycles. The Morgan fingerprint density at radius 2 is 1.22 bits per heavy atom. The third kappa shape index (κ3) is 1.83. The van der Waals surface area contributed by atoms with Crippen LogP contribution in [0.1, 0.15) is 0 Å². The van der Waals surface area contributed by atoms with E-state index in [2.05, 4.69) is 10.6 Å². The van der Waals surface area contributed by atoms with E-state index in [1.54, 1.807) is 0 Å². The lowest BCUT2D eigenvalue weighted by Crippen LogP contribution is -2.30. The zero-order valence-corrected chi connectivity index (χ0v) is 10.9. The highest BCUT2D eigenvalue weighted by atomic mass is 35.5. The number of anilines is 2. The van der Waals surface area contributed by atoms with Crippen LogP contribution in [0.4, 0.5) is 11.4 Å². The SMILES string of the molecule is C[n+]1c2cc(N)ccc2cc2ccc(N)cc21.Cl. The van der Waals surface area contributed by atoms with Crippen LogP contribution in [0.25, 0.3) is 21.8 Å².